The number of halogens is 2. The molecule has 2 aromatic carbocycles. The maximum atomic E-state index is 12.9. The summed E-state index contributed by atoms with van der Waals surface area (Å²) in [5.41, 5.74) is 1.62. The van der Waals surface area contributed by atoms with Gasteiger partial charge in [0.15, 0.2) is 0 Å². The molecule has 110 valence electrons. The highest BCUT2D eigenvalue weighted by Crippen LogP contribution is 2.17. The van der Waals surface area contributed by atoms with E-state index in [0.717, 1.165) is 11.1 Å². The molecule has 0 aliphatic heterocycles. The van der Waals surface area contributed by atoms with Crippen LogP contribution in [-0.2, 0) is 17.6 Å². The van der Waals surface area contributed by atoms with Crippen LogP contribution < -0.4 is 5.32 Å². The van der Waals surface area contributed by atoms with Crippen molar-refractivity contribution in [2.24, 2.45) is 0 Å². The number of aromatic hydroxyl groups is 1. The first-order valence-electron chi connectivity index (χ1n) is 6.53. The number of rotatable bonds is 5. The second-order valence-electron chi connectivity index (χ2n) is 4.68. The summed E-state index contributed by atoms with van der Waals surface area (Å²) in [6, 6.07) is 10.7. The zero-order chi connectivity index (χ0) is 15.2. The molecular formula is C16H15ClFNO2. The summed E-state index contributed by atoms with van der Waals surface area (Å²) in [7, 11) is 0. The van der Waals surface area contributed by atoms with E-state index in [1.807, 2.05) is 0 Å². The summed E-state index contributed by atoms with van der Waals surface area (Å²) in [6.07, 6.45) is 0.790. The average Bonchev–Trinajstić information content (AvgIpc) is 2.44. The number of nitrogens with one attached hydrogen (secondary N) is 1. The fraction of sp³-hybridized carbons (Fsp3) is 0.188. The minimum atomic E-state index is -0.375. The smallest absolute Gasteiger partial charge is 0.224 e. The quantitative estimate of drug-likeness (QED) is 0.892. The van der Waals surface area contributed by atoms with E-state index in [2.05, 4.69) is 5.32 Å². The molecule has 0 saturated carbocycles. The number of benzene rings is 2. The second-order valence-corrected chi connectivity index (χ2v) is 5.09. The van der Waals surface area contributed by atoms with Gasteiger partial charge in [0.2, 0.25) is 5.91 Å². The first kappa shape index (κ1) is 15.3. The lowest BCUT2D eigenvalue weighted by Crippen LogP contribution is -2.27. The van der Waals surface area contributed by atoms with Crippen molar-refractivity contribution in [3.05, 3.63) is 64.4 Å². The summed E-state index contributed by atoms with van der Waals surface area (Å²) >= 11 is 5.91. The number of carbonyl (C=O) groups is 1. The van der Waals surface area contributed by atoms with Crippen LogP contribution in [0.2, 0.25) is 5.02 Å². The molecule has 0 heterocycles. The fourth-order valence-electron chi connectivity index (χ4n) is 1.92. The van der Waals surface area contributed by atoms with E-state index < -0.39 is 0 Å². The molecule has 2 aromatic rings. The zero-order valence-corrected chi connectivity index (χ0v) is 12.0. The Kier molecular flexibility index (Phi) is 5.17. The molecule has 0 unspecified atom stereocenters. The summed E-state index contributed by atoms with van der Waals surface area (Å²) < 4.78 is 12.9. The summed E-state index contributed by atoms with van der Waals surface area (Å²) in [5.74, 6) is -0.316. The molecule has 0 atom stereocenters. The van der Waals surface area contributed by atoms with E-state index in [1.165, 1.54) is 12.1 Å². The Morgan fingerprint density at radius 2 is 1.90 bits per heavy atom. The third kappa shape index (κ3) is 4.76. The minimum absolute atomic E-state index is 0.112. The van der Waals surface area contributed by atoms with Crippen LogP contribution in [0.15, 0.2) is 42.5 Å². The van der Waals surface area contributed by atoms with E-state index in [0.29, 0.717) is 18.0 Å². The van der Waals surface area contributed by atoms with E-state index >= 15 is 0 Å². The molecule has 0 aliphatic carbocycles. The predicted molar refractivity (Wildman–Crippen MR) is 79.9 cm³/mol. The first-order chi connectivity index (χ1) is 10.0. The zero-order valence-electron chi connectivity index (χ0n) is 11.3. The summed E-state index contributed by atoms with van der Waals surface area (Å²) in [6.45, 7) is 0.433. The van der Waals surface area contributed by atoms with Gasteiger partial charge in [-0.05, 0) is 41.8 Å². The standard InChI is InChI=1S/C16H15ClFNO2/c17-15-10-13(18)4-3-12(15)7-8-19-16(21)9-11-1-5-14(20)6-2-11/h1-6,10,20H,7-9H2,(H,19,21). The Bertz CT molecular complexity index is 629. The lowest BCUT2D eigenvalue weighted by molar-refractivity contribution is -0.120. The maximum Gasteiger partial charge on any atom is 0.224 e. The van der Waals surface area contributed by atoms with Gasteiger partial charge < -0.3 is 10.4 Å². The van der Waals surface area contributed by atoms with E-state index in [1.54, 1.807) is 30.3 Å². The second kappa shape index (κ2) is 7.09. The van der Waals surface area contributed by atoms with Gasteiger partial charge in [-0.15, -0.1) is 0 Å². The largest absolute Gasteiger partial charge is 0.508 e. The SMILES string of the molecule is O=C(Cc1ccc(O)cc1)NCCc1ccc(F)cc1Cl. The van der Waals surface area contributed by atoms with Crippen molar-refractivity contribution in [1.29, 1.82) is 0 Å². The lowest BCUT2D eigenvalue weighted by Gasteiger charge is -2.07. The van der Waals surface area contributed by atoms with Crippen LogP contribution in [0.5, 0.6) is 5.75 Å². The highest BCUT2D eigenvalue weighted by atomic mass is 35.5. The van der Waals surface area contributed by atoms with Crippen molar-refractivity contribution in [2.75, 3.05) is 6.54 Å². The molecular weight excluding hydrogens is 293 g/mol. The van der Waals surface area contributed by atoms with Gasteiger partial charge in [-0.1, -0.05) is 29.8 Å². The van der Waals surface area contributed by atoms with E-state index in [-0.39, 0.29) is 23.9 Å². The van der Waals surface area contributed by atoms with E-state index in [4.69, 9.17) is 16.7 Å². The van der Waals surface area contributed by atoms with Crippen LogP contribution in [0.25, 0.3) is 0 Å². The third-order valence-electron chi connectivity index (χ3n) is 3.03. The molecule has 0 radical (unpaired) electrons. The molecule has 2 N–H and O–H groups in total. The summed E-state index contributed by atoms with van der Waals surface area (Å²) in [4.78, 5) is 11.8. The lowest BCUT2D eigenvalue weighted by atomic mass is 10.1. The molecule has 1 amide bonds. The number of phenols is 1. The average molecular weight is 308 g/mol. The molecule has 21 heavy (non-hydrogen) atoms. The Labute approximate surface area is 127 Å². The van der Waals surface area contributed by atoms with Crippen molar-refractivity contribution in [3.8, 4) is 5.75 Å². The van der Waals surface area contributed by atoms with E-state index in [9.17, 15) is 9.18 Å². The molecule has 0 spiro atoms. The number of hydrogen-bond acceptors (Lipinski definition) is 2. The van der Waals surface area contributed by atoms with Crippen LogP contribution in [-0.4, -0.2) is 17.6 Å². The van der Waals surface area contributed by atoms with Gasteiger partial charge in [-0.3, -0.25) is 4.79 Å². The highest BCUT2D eigenvalue weighted by molar-refractivity contribution is 6.31. The van der Waals surface area contributed by atoms with Crippen molar-refractivity contribution < 1.29 is 14.3 Å². The normalized spacial score (nSPS) is 10.4. The molecule has 5 heteroatoms. The van der Waals surface area contributed by atoms with Gasteiger partial charge in [0.1, 0.15) is 11.6 Å². The van der Waals surface area contributed by atoms with Crippen LogP contribution in [0, 0.1) is 5.82 Å². The van der Waals surface area contributed by atoms with Gasteiger partial charge in [-0.25, -0.2) is 4.39 Å². The maximum absolute atomic E-state index is 12.9. The molecule has 0 aliphatic rings. The first-order valence-corrected chi connectivity index (χ1v) is 6.91. The Hall–Kier alpha value is -2.07. The molecule has 2 rings (SSSR count). The highest BCUT2D eigenvalue weighted by Gasteiger charge is 2.05. The van der Waals surface area contributed by atoms with Crippen LogP contribution in [0.3, 0.4) is 0 Å². The van der Waals surface area contributed by atoms with Crippen LogP contribution in [0.4, 0.5) is 4.39 Å². The molecule has 3 nitrogen and oxygen atoms in total. The van der Waals surface area contributed by atoms with Gasteiger partial charge >= 0.3 is 0 Å². The van der Waals surface area contributed by atoms with Gasteiger partial charge in [0.25, 0.3) is 0 Å². The molecule has 0 aromatic heterocycles. The molecule has 0 bridgehead atoms. The predicted octanol–water partition coefficient (Wildman–Crippen LogP) is 3.09. The molecule has 0 fully saturated rings. The summed E-state index contributed by atoms with van der Waals surface area (Å²) in [5, 5.41) is 12.3. The fourth-order valence-corrected chi connectivity index (χ4v) is 2.18. The van der Waals surface area contributed by atoms with Crippen molar-refractivity contribution in [1.82, 2.24) is 5.32 Å². The van der Waals surface area contributed by atoms with Crippen molar-refractivity contribution in [2.45, 2.75) is 12.8 Å². The third-order valence-corrected chi connectivity index (χ3v) is 3.38. The van der Waals surface area contributed by atoms with Gasteiger partial charge in [0, 0.05) is 11.6 Å². The Morgan fingerprint density at radius 3 is 2.57 bits per heavy atom. The van der Waals surface area contributed by atoms with Crippen molar-refractivity contribution in [3.63, 3.8) is 0 Å². The van der Waals surface area contributed by atoms with Crippen molar-refractivity contribution >= 4 is 17.5 Å². The monoisotopic (exact) mass is 307 g/mol. The Balaban J connectivity index is 1.80. The number of carbonyl (C=O) groups excluding carboxylic acids is 1. The number of hydrogen-bond donors (Lipinski definition) is 2. The minimum Gasteiger partial charge on any atom is -0.508 e. The van der Waals surface area contributed by atoms with Gasteiger partial charge in [-0.2, -0.15) is 0 Å². The Morgan fingerprint density at radius 1 is 1.19 bits per heavy atom. The number of amides is 1. The van der Waals surface area contributed by atoms with Gasteiger partial charge in [0.05, 0.1) is 6.42 Å². The molecule has 0 saturated heterocycles. The number of phenolic OH excluding ortho intramolecular Hbond substituents is 1. The van der Waals surface area contributed by atoms with Crippen LogP contribution in [0.1, 0.15) is 11.1 Å². The van der Waals surface area contributed by atoms with Crippen LogP contribution >= 0.6 is 11.6 Å². The topological polar surface area (TPSA) is 49.3 Å².